The first-order valence-corrected chi connectivity index (χ1v) is 11.4. The first kappa shape index (κ1) is 21.7. The van der Waals surface area contributed by atoms with E-state index in [1.165, 1.54) is 25.2 Å². The van der Waals surface area contributed by atoms with Crippen LogP contribution in [-0.4, -0.2) is 31.2 Å². The minimum Gasteiger partial charge on any atom is -0.467 e. The van der Waals surface area contributed by atoms with Gasteiger partial charge in [0.2, 0.25) is 0 Å². The Hall–Kier alpha value is -3.56. The molecule has 1 N–H and O–H groups in total. The molecular formula is C22H19ClN4O4S. The van der Waals surface area contributed by atoms with Gasteiger partial charge in [0.1, 0.15) is 18.1 Å². The molecule has 8 nitrogen and oxygen atoms in total. The number of carbonyl (C=O) groups is 1. The topological polar surface area (TPSA) is 97.4 Å². The van der Waals surface area contributed by atoms with Crippen LogP contribution in [0.25, 0.3) is 0 Å². The van der Waals surface area contributed by atoms with Crippen LogP contribution < -0.4 is 9.62 Å². The molecular weight excluding hydrogens is 452 g/mol. The summed E-state index contributed by atoms with van der Waals surface area (Å²) in [7, 11) is -2.47. The SMILES string of the molecule is CN(c1cccc(Cl)c1)S(=O)(=O)c1cccc(C(=O)Nc2ccnn2Cc2ccco2)c1. The average Bonchev–Trinajstić information content (AvgIpc) is 3.46. The molecule has 0 saturated carbocycles. The Bertz CT molecular complexity index is 1350. The van der Waals surface area contributed by atoms with Crippen LogP contribution in [0, 0.1) is 0 Å². The van der Waals surface area contributed by atoms with Crippen molar-refractivity contribution >= 4 is 39.0 Å². The Labute approximate surface area is 190 Å². The molecule has 32 heavy (non-hydrogen) atoms. The predicted octanol–water partition coefficient (Wildman–Crippen LogP) is 4.26. The number of amides is 1. The van der Waals surface area contributed by atoms with Gasteiger partial charge in [0.05, 0.1) is 23.0 Å². The summed E-state index contributed by atoms with van der Waals surface area (Å²) in [5.74, 6) is 0.672. The van der Waals surface area contributed by atoms with Gasteiger partial charge < -0.3 is 9.73 Å². The van der Waals surface area contributed by atoms with Crippen molar-refractivity contribution in [3.63, 3.8) is 0 Å². The second-order valence-electron chi connectivity index (χ2n) is 6.89. The van der Waals surface area contributed by atoms with Crippen LogP contribution in [0.4, 0.5) is 11.5 Å². The van der Waals surface area contributed by atoms with Gasteiger partial charge in [-0.05, 0) is 48.5 Å². The molecule has 0 radical (unpaired) electrons. The summed E-state index contributed by atoms with van der Waals surface area (Å²) in [6.07, 6.45) is 3.11. The summed E-state index contributed by atoms with van der Waals surface area (Å²) in [6.45, 7) is 0.342. The Morgan fingerprint density at radius 1 is 1.12 bits per heavy atom. The molecule has 2 heterocycles. The third-order valence-electron chi connectivity index (χ3n) is 4.77. The number of hydrogen-bond donors (Lipinski definition) is 1. The zero-order chi connectivity index (χ0) is 22.7. The molecule has 4 rings (SSSR count). The number of aromatic nitrogens is 2. The maximum Gasteiger partial charge on any atom is 0.264 e. The largest absolute Gasteiger partial charge is 0.467 e. The molecule has 0 aliphatic carbocycles. The molecule has 2 aromatic heterocycles. The summed E-state index contributed by atoms with van der Waals surface area (Å²) < 4.78 is 34.2. The molecule has 0 bridgehead atoms. The van der Waals surface area contributed by atoms with Gasteiger partial charge in [0, 0.05) is 23.7 Å². The maximum atomic E-state index is 13.1. The van der Waals surface area contributed by atoms with E-state index >= 15 is 0 Å². The number of hydrogen-bond acceptors (Lipinski definition) is 5. The molecule has 0 fully saturated rings. The lowest BCUT2D eigenvalue weighted by molar-refractivity contribution is 0.102. The lowest BCUT2D eigenvalue weighted by Gasteiger charge is -2.20. The van der Waals surface area contributed by atoms with E-state index in [4.69, 9.17) is 16.0 Å². The minimum atomic E-state index is -3.90. The van der Waals surface area contributed by atoms with Crippen LogP contribution in [0.3, 0.4) is 0 Å². The number of nitrogens with one attached hydrogen (secondary N) is 1. The summed E-state index contributed by atoms with van der Waals surface area (Å²) in [4.78, 5) is 12.8. The van der Waals surface area contributed by atoms with E-state index in [1.54, 1.807) is 65.7 Å². The third kappa shape index (κ3) is 4.53. The van der Waals surface area contributed by atoms with Gasteiger partial charge in [0.25, 0.3) is 15.9 Å². The number of nitrogens with zero attached hydrogens (tertiary/aromatic N) is 3. The Morgan fingerprint density at radius 2 is 1.94 bits per heavy atom. The van der Waals surface area contributed by atoms with Crippen molar-refractivity contribution in [3.05, 3.63) is 95.5 Å². The third-order valence-corrected chi connectivity index (χ3v) is 6.79. The van der Waals surface area contributed by atoms with E-state index in [-0.39, 0.29) is 10.5 Å². The number of sulfonamides is 1. The smallest absolute Gasteiger partial charge is 0.264 e. The Balaban J connectivity index is 1.55. The van der Waals surface area contributed by atoms with Gasteiger partial charge in [-0.1, -0.05) is 23.7 Å². The van der Waals surface area contributed by atoms with E-state index in [2.05, 4.69) is 10.4 Å². The van der Waals surface area contributed by atoms with Crippen LogP contribution in [0.1, 0.15) is 16.1 Å². The van der Waals surface area contributed by atoms with Crippen molar-refractivity contribution in [2.75, 3.05) is 16.7 Å². The van der Waals surface area contributed by atoms with Gasteiger partial charge in [-0.3, -0.25) is 9.10 Å². The predicted molar refractivity (Wildman–Crippen MR) is 121 cm³/mol. The fourth-order valence-corrected chi connectivity index (χ4v) is 4.49. The zero-order valence-electron chi connectivity index (χ0n) is 17.0. The fourth-order valence-electron chi connectivity index (χ4n) is 3.07. The molecule has 0 unspecified atom stereocenters. The maximum absolute atomic E-state index is 13.1. The average molecular weight is 471 g/mol. The number of furan rings is 1. The summed E-state index contributed by atoms with van der Waals surface area (Å²) in [5, 5.41) is 7.37. The van der Waals surface area contributed by atoms with Crippen molar-refractivity contribution in [3.8, 4) is 0 Å². The first-order valence-electron chi connectivity index (χ1n) is 9.55. The molecule has 164 valence electrons. The van der Waals surface area contributed by atoms with Crippen molar-refractivity contribution < 1.29 is 17.6 Å². The number of carbonyl (C=O) groups excluding carboxylic acids is 1. The molecule has 1 amide bonds. The molecule has 10 heteroatoms. The lowest BCUT2D eigenvalue weighted by Crippen LogP contribution is -2.27. The van der Waals surface area contributed by atoms with E-state index in [9.17, 15) is 13.2 Å². The molecule has 0 saturated heterocycles. The van der Waals surface area contributed by atoms with E-state index in [0.717, 1.165) is 4.31 Å². The van der Waals surface area contributed by atoms with E-state index in [0.29, 0.717) is 28.8 Å². The van der Waals surface area contributed by atoms with Crippen LogP contribution >= 0.6 is 11.6 Å². The lowest BCUT2D eigenvalue weighted by atomic mass is 10.2. The monoisotopic (exact) mass is 470 g/mol. The highest BCUT2D eigenvalue weighted by Crippen LogP contribution is 2.25. The van der Waals surface area contributed by atoms with Crippen molar-refractivity contribution in [1.82, 2.24) is 9.78 Å². The van der Waals surface area contributed by atoms with E-state index in [1.807, 2.05) is 0 Å². The molecule has 4 aromatic rings. The second-order valence-corrected chi connectivity index (χ2v) is 9.29. The molecule has 2 aromatic carbocycles. The normalized spacial score (nSPS) is 11.3. The van der Waals surface area contributed by atoms with Crippen molar-refractivity contribution in [2.45, 2.75) is 11.4 Å². The zero-order valence-corrected chi connectivity index (χ0v) is 18.5. The van der Waals surface area contributed by atoms with Crippen LogP contribution in [0.15, 0.2) is 88.5 Å². The van der Waals surface area contributed by atoms with Crippen LogP contribution in [0.5, 0.6) is 0 Å². The second kappa shape index (κ2) is 8.89. The highest BCUT2D eigenvalue weighted by Gasteiger charge is 2.23. The van der Waals surface area contributed by atoms with Crippen molar-refractivity contribution in [2.24, 2.45) is 0 Å². The number of benzene rings is 2. The summed E-state index contributed by atoms with van der Waals surface area (Å²) >= 11 is 5.99. The first-order chi connectivity index (χ1) is 15.3. The van der Waals surface area contributed by atoms with Crippen molar-refractivity contribution in [1.29, 1.82) is 0 Å². The van der Waals surface area contributed by atoms with Crippen LogP contribution in [-0.2, 0) is 16.6 Å². The summed E-state index contributed by atoms with van der Waals surface area (Å²) in [5.41, 5.74) is 0.602. The number of anilines is 2. The minimum absolute atomic E-state index is 0.0169. The van der Waals surface area contributed by atoms with Gasteiger partial charge >= 0.3 is 0 Å². The Morgan fingerprint density at radius 3 is 2.69 bits per heavy atom. The fraction of sp³-hybridized carbons (Fsp3) is 0.0909. The number of halogens is 1. The van der Waals surface area contributed by atoms with Gasteiger partial charge in [-0.25, -0.2) is 13.1 Å². The molecule has 0 aliphatic rings. The molecule has 0 aliphatic heterocycles. The van der Waals surface area contributed by atoms with Gasteiger partial charge in [-0.2, -0.15) is 5.10 Å². The summed E-state index contributed by atoms with van der Waals surface area (Å²) in [6, 6.07) is 17.6. The van der Waals surface area contributed by atoms with Crippen LogP contribution in [0.2, 0.25) is 5.02 Å². The number of rotatable bonds is 7. The molecule has 0 spiro atoms. The highest BCUT2D eigenvalue weighted by atomic mass is 35.5. The van der Waals surface area contributed by atoms with E-state index < -0.39 is 15.9 Å². The quantitative estimate of drug-likeness (QED) is 0.435. The Kier molecular flexibility index (Phi) is 6.02. The van der Waals surface area contributed by atoms with Gasteiger partial charge in [0.15, 0.2) is 0 Å². The molecule has 0 atom stereocenters. The highest BCUT2D eigenvalue weighted by molar-refractivity contribution is 7.92. The standard InChI is InChI=1S/C22H19ClN4O4S/c1-26(18-7-3-6-17(23)14-18)32(29,30)20-9-2-5-16(13-20)22(28)25-21-10-11-24-27(21)15-19-8-4-12-31-19/h2-14H,15H2,1H3,(H,25,28). The van der Waals surface area contributed by atoms with Gasteiger partial charge in [-0.15, -0.1) is 0 Å².